The molecular formula is C13H15F2N. The summed E-state index contributed by atoms with van der Waals surface area (Å²) in [6.45, 7) is 0. The molecule has 1 aliphatic carbocycles. The molecule has 0 saturated carbocycles. The molecule has 0 aliphatic heterocycles. The average Bonchev–Trinajstić information content (AvgIpc) is 2.33. The molecule has 2 N–H and O–H groups in total. The molecule has 1 aromatic carbocycles. The second-order valence-corrected chi connectivity index (χ2v) is 4.15. The van der Waals surface area contributed by atoms with E-state index in [-0.39, 0.29) is 5.56 Å². The largest absolute Gasteiger partial charge is 0.320 e. The summed E-state index contributed by atoms with van der Waals surface area (Å²) in [4.78, 5) is 0. The van der Waals surface area contributed by atoms with Crippen molar-refractivity contribution in [1.29, 1.82) is 0 Å². The molecule has 1 atom stereocenters. The van der Waals surface area contributed by atoms with E-state index < -0.39 is 17.7 Å². The number of rotatable bonds is 2. The number of benzene rings is 1. The maximum absolute atomic E-state index is 13.5. The van der Waals surface area contributed by atoms with Gasteiger partial charge in [0.05, 0.1) is 6.04 Å². The summed E-state index contributed by atoms with van der Waals surface area (Å²) in [6, 6.07) is 3.66. The highest BCUT2D eigenvalue weighted by Gasteiger charge is 2.19. The van der Waals surface area contributed by atoms with Gasteiger partial charge in [0.2, 0.25) is 0 Å². The van der Waals surface area contributed by atoms with Crippen LogP contribution in [0.4, 0.5) is 8.78 Å². The molecule has 1 aromatic rings. The maximum Gasteiger partial charge on any atom is 0.163 e. The number of hydrogen-bond acceptors (Lipinski definition) is 1. The van der Waals surface area contributed by atoms with Crippen molar-refractivity contribution < 1.29 is 8.78 Å². The molecule has 0 aromatic heterocycles. The normalized spacial score (nSPS) is 18.1. The van der Waals surface area contributed by atoms with E-state index in [9.17, 15) is 8.78 Å². The number of hydrogen-bond donors (Lipinski definition) is 1. The molecule has 16 heavy (non-hydrogen) atoms. The predicted octanol–water partition coefficient (Wildman–Crippen LogP) is 3.47. The van der Waals surface area contributed by atoms with Crippen LogP contribution in [0.1, 0.15) is 37.3 Å². The third-order valence-electron chi connectivity index (χ3n) is 3.04. The van der Waals surface area contributed by atoms with Crippen molar-refractivity contribution in [2.24, 2.45) is 5.73 Å². The van der Waals surface area contributed by atoms with Gasteiger partial charge < -0.3 is 5.73 Å². The molecule has 2 rings (SSSR count). The molecule has 1 nitrogen and oxygen atoms in total. The highest BCUT2D eigenvalue weighted by atomic mass is 19.2. The van der Waals surface area contributed by atoms with Crippen LogP contribution in [0.3, 0.4) is 0 Å². The summed E-state index contributed by atoms with van der Waals surface area (Å²) >= 11 is 0. The predicted molar refractivity (Wildman–Crippen MR) is 59.8 cm³/mol. The van der Waals surface area contributed by atoms with Gasteiger partial charge >= 0.3 is 0 Å². The van der Waals surface area contributed by atoms with E-state index in [1.165, 1.54) is 6.07 Å². The SMILES string of the molecule is NC(C1=CCCCC1)c1cccc(F)c1F. The molecule has 0 spiro atoms. The second-order valence-electron chi connectivity index (χ2n) is 4.15. The molecule has 86 valence electrons. The van der Waals surface area contributed by atoms with Crippen molar-refractivity contribution in [2.75, 3.05) is 0 Å². The smallest absolute Gasteiger partial charge is 0.163 e. The Morgan fingerprint density at radius 2 is 2.00 bits per heavy atom. The Kier molecular flexibility index (Phi) is 3.34. The molecule has 0 radical (unpaired) electrons. The number of halogens is 2. The van der Waals surface area contributed by atoms with Crippen molar-refractivity contribution in [3.8, 4) is 0 Å². The van der Waals surface area contributed by atoms with Gasteiger partial charge in [0.1, 0.15) is 0 Å². The first-order valence-electron chi connectivity index (χ1n) is 5.58. The Hall–Kier alpha value is -1.22. The summed E-state index contributed by atoms with van der Waals surface area (Å²) in [5.41, 5.74) is 7.25. The fraction of sp³-hybridized carbons (Fsp3) is 0.385. The zero-order valence-electron chi connectivity index (χ0n) is 9.05. The first-order valence-corrected chi connectivity index (χ1v) is 5.58. The van der Waals surface area contributed by atoms with Crippen LogP contribution in [-0.2, 0) is 0 Å². The Bertz CT molecular complexity index is 412. The van der Waals surface area contributed by atoms with E-state index in [4.69, 9.17) is 5.73 Å². The van der Waals surface area contributed by atoms with Crippen molar-refractivity contribution in [3.05, 3.63) is 47.0 Å². The van der Waals surface area contributed by atoms with Gasteiger partial charge in [-0.15, -0.1) is 0 Å². The Morgan fingerprint density at radius 3 is 2.69 bits per heavy atom. The van der Waals surface area contributed by atoms with E-state index in [0.29, 0.717) is 0 Å². The lowest BCUT2D eigenvalue weighted by Gasteiger charge is -2.20. The van der Waals surface area contributed by atoms with E-state index in [0.717, 1.165) is 37.3 Å². The van der Waals surface area contributed by atoms with Crippen LogP contribution in [-0.4, -0.2) is 0 Å². The summed E-state index contributed by atoms with van der Waals surface area (Å²) < 4.78 is 26.6. The lowest BCUT2D eigenvalue weighted by molar-refractivity contribution is 0.491. The monoisotopic (exact) mass is 223 g/mol. The van der Waals surface area contributed by atoms with Crippen LogP contribution >= 0.6 is 0 Å². The minimum Gasteiger partial charge on any atom is -0.320 e. The fourth-order valence-corrected chi connectivity index (χ4v) is 2.11. The molecule has 0 bridgehead atoms. The highest BCUT2D eigenvalue weighted by Crippen LogP contribution is 2.29. The minimum absolute atomic E-state index is 0.258. The van der Waals surface area contributed by atoms with E-state index in [2.05, 4.69) is 6.08 Å². The molecule has 1 aliphatic rings. The summed E-state index contributed by atoms with van der Waals surface area (Å²) in [5.74, 6) is -1.65. The first-order chi connectivity index (χ1) is 7.70. The standard InChI is InChI=1S/C13H15F2N/c14-11-8-4-7-10(12(11)15)13(16)9-5-2-1-3-6-9/h4-5,7-8,13H,1-3,6,16H2. The summed E-state index contributed by atoms with van der Waals surface area (Å²) in [6.07, 6.45) is 6.16. The zero-order valence-corrected chi connectivity index (χ0v) is 9.05. The Labute approximate surface area is 94.0 Å². The zero-order chi connectivity index (χ0) is 11.5. The topological polar surface area (TPSA) is 26.0 Å². The van der Waals surface area contributed by atoms with Crippen LogP contribution in [0.5, 0.6) is 0 Å². The summed E-state index contributed by atoms with van der Waals surface area (Å²) in [7, 11) is 0. The third kappa shape index (κ3) is 2.14. The van der Waals surface area contributed by atoms with Gasteiger partial charge in [-0.3, -0.25) is 0 Å². The molecule has 0 heterocycles. The van der Waals surface area contributed by atoms with E-state index >= 15 is 0 Å². The maximum atomic E-state index is 13.5. The Balaban J connectivity index is 2.29. The lowest BCUT2D eigenvalue weighted by Crippen LogP contribution is -2.17. The van der Waals surface area contributed by atoms with E-state index in [1.54, 1.807) is 6.07 Å². The third-order valence-corrected chi connectivity index (χ3v) is 3.04. The molecule has 0 amide bonds. The molecule has 0 fully saturated rings. The van der Waals surface area contributed by atoms with Crippen LogP contribution in [0, 0.1) is 11.6 Å². The first kappa shape index (κ1) is 11.3. The van der Waals surface area contributed by atoms with Gasteiger partial charge in [-0.05, 0) is 31.7 Å². The average molecular weight is 223 g/mol. The molecule has 0 saturated heterocycles. The fourth-order valence-electron chi connectivity index (χ4n) is 2.11. The van der Waals surface area contributed by atoms with Gasteiger partial charge in [-0.25, -0.2) is 8.78 Å². The second kappa shape index (κ2) is 4.74. The number of nitrogens with two attached hydrogens (primary N) is 1. The van der Waals surface area contributed by atoms with E-state index in [1.807, 2.05) is 0 Å². The van der Waals surface area contributed by atoms with Crippen LogP contribution in [0.15, 0.2) is 29.8 Å². The van der Waals surface area contributed by atoms with Gasteiger partial charge in [-0.1, -0.05) is 23.8 Å². The van der Waals surface area contributed by atoms with Gasteiger partial charge in [-0.2, -0.15) is 0 Å². The molecule has 1 unspecified atom stereocenters. The molecular weight excluding hydrogens is 208 g/mol. The van der Waals surface area contributed by atoms with Gasteiger partial charge in [0.15, 0.2) is 11.6 Å². The quantitative estimate of drug-likeness (QED) is 0.763. The van der Waals surface area contributed by atoms with Crippen molar-refractivity contribution >= 4 is 0 Å². The van der Waals surface area contributed by atoms with Crippen molar-refractivity contribution in [2.45, 2.75) is 31.7 Å². The van der Waals surface area contributed by atoms with Crippen LogP contribution in [0.25, 0.3) is 0 Å². The van der Waals surface area contributed by atoms with Gasteiger partial charge in [0.25, 0.3) is 0 Å². The van der Waals surface area contributed by atoms with Crippen LogP contribution in [0.2, 0.25) is 0 Å². The molecule has 3 heteroatoms. The van der Waals surface area contributed by atoms with Crippen molar-refractivity contribution in [1.82, 2.24) is 0 Å². The number of allylic oxidation sites excluding steroid dienone is 1. The minimum atomic E-state index is -0.829. The Morgan fingerprint density at radius 1 is 1.19 bits per heavy atom. The van der Waals surface area contributed by atoms with Crippen molar-refractivity contribution in [3.63, 3.8) is 0 Å². The van der Waals surface area contributed by atoms with Crippen LogP contribution < -0.4 is 5.73 Å². The highest BCUT2D eigenvalue weighted by molar-refractivity contribution is 5.30. The lowest BCUT2D eigenvalue weighted by atomic mass is 9.90. The van der Waals surface area contributed by atoms with Gasteiger partial charge in [0, 0.05) is 5.56 Å². The summed E-state index contributed by atoms with van der Waals surface area (Å²) in [5, 5.41) is 0.